The number of hydrogen-bond donors (Lipinski definition) is 1. The molecule has 0 amide bonds. The Labute approximate surface area is 83.9 Å². The predicted molar refractivity (Wildman–Crippen MR) is 51.9 cm³/mol. The van der Waals surface area contributed by atoms with Gasteiger partial charge in [-0.25, -0.2) is 0 Å². The van der Waals surface area contributed by atoms with Crippen molar-refractivity contribution in [1.82, 2.24) is 15.5 Å². The zero-order valence-electron chi connectivity index (χ0n) is 8.91. The maximum Gasteiger partial charge on any atom is 0.230 e. The summed E-state index contributed by atoms with van der Waals surface area (Å²) in [5.41, 5.74) is 0. The first-order valence-electron chi connectivity index (χ1n) is 4.75. The maximum atomic E-state index is 5.38. The molecule has 5 nitrogen and oxygen atoms in total. The topological polar surface area (TPSA) is 60.2 Å². The molecule has 0 aliphatic rings. The number of nitrogens with one attached hydrogen (secondary N) is 1. The van der Waals surface area contributed by atoms with Crippen LogP contribution in [0.1, 0.15) is 25.1 Å². The number of methoxy groups -OCH3 is 1. The molecular formula is C9H17N3O2. The molecule has 1 atom stereocenters. The van der Waals surface area contributed by atoms with Crippen LogP contribution >= 0.6 is 0 Å². The van der Waals surface area contributed by atoms with Crippen LogP contribution < -0.4 is 5.32 Å². The summed E-state index contributed by atoms with van der Waals surface area (Å²) in [5, 5.41) is 10.8. The van der Waals surface area contributed by atoms with E-state index in [1.54, 1.807) is 7.11 Å². The van der Waals surface area contributed by atoms with Crippen LogP contribution in [0.3, 0.4) is 0 Å². The van der Waals surface area contributed by atoms with Gasteiger partial charge in [0.1, 0.15) is 0 Å². The molecule has 0 saturated heterocycles. The normalized spacial score (nSPS) is 13.1. The zero-order chi connectivity index (χ0) is 10.4. The molecule has 80 valence electrons. The molecule has 1 heterocycles. The molecule has 1 aromatic heterocycles. The van der Waals surface area contributed by atoms with E-state index < -0.39 is 0 Å². The summed E-state index contributed by atoms with van der Waals surface area (Å²) in [7, 11) is 3.54. The predicted octanol–water partition coefficient (Wildman–Crippen LogP) is 0.756. The second kappa shape index (κ2) is 5.72. The Bertz CT molecular complexity index is 262. The van der Waals surface area contributed by atoms with Crippen LogP contribution in [0.4, 0.5) is 0 Å². The first-order valence-corrected chi connectivity index (χ1v) is 4.75. The number of hydrogen-bond acceptors (Lipinski definition) is 5. The molecule has 0 aliphatic carbocycles. The van der Waals surface area contributed by atoms with E-state index in [1.165, 1.54) is 0 Å². The van der Waals surface area contributed by atoms with Crippen LogP contribution in [-0.4, -0.2) is 30.5 Å². The fraction of sp³-hybridized carbons (Fsp3) is 0.778. The molecule has 0 bridgehead atoms. The van der Waals surface area contributed by atoms with Crippen LogP contribution in [0.5, 0.6) is 0 Å². The molecule has 0 spiro atoms. The van der Waals surface area contributed by atoms with Crippen LogP contribution in [0, 0.1) is 0 Å². The Balaban J connectivity index is 2.35. The number of aryl methyl sites for hydroxylation is 1. The molecule has 1 rings (SSSR count). The Morgan fingerprint density at radius 3 is 2.79 bits per heavy atom. The van der Waals surface area contributed by atoms with Gasteiger partial charge in [0.05, 0.1) is 12.6 Å². The Morgan fingerprint density at radius 1 is 1.43 bits per heavy atom. The molecule has 0 fully saturated rings. The van der Waals surface area contributed by atoms with Crippen LogP contribution in [-0.2, 0) is 17.7 Å². The van der Waals surface area contributed by atoms with E-state index in [4.69, 9.17) is 9.15 Å². The largest absolute Gasteiger partial charge is 0.424 e. The number of nitrogens with zero attached hydrogens (tertiary/aromatic N) is 2. The van der Waals surface area contributed by atoms with Gasteiger partial charge in [0.15, 0.2) is 0 Å². The molecule has 0 aliphatic heterocycles. The van der Waals surface area contributed by atoms with E-state index in [2.05, 4.69) is 15.5 Å². The highest BCUT2D eigenvalue weighted by molar-refractivity contribution is 4.81. The molecule has 1 N–H and O–H groups in total. The van der Waals surface area contributed by atoms with Crippen molar-refractivity contribution in [2.24, 2.45) is 0 Å². The Hall–Kier alpha value is -0.940. The van der Waals surface area contributed by atoms with Gasteiger partial charge in [-0.15, -0.1) is 10.2 Å². The van der Waals surface area contributed by atoms with Gasteiger partial charge in [-0.3, -0.25) is 0 Å². The van der Waals surface area contributed by atoms with Crippen molar-refractivity contribution in [2.75, 3.05) is 14.2 Å². The molecule has 5 heteroatoms. The van der Waals surface area contributed by atoms with Gasteiger partial charge >= 0.3 is 0 Å². The van der Waals surface area contributed by atoms with Crippen molar-refractivity contribution >= 4 is 0 Å². The lowest BCUT2D eigenvalue weighted by Crippen LogP contribution is -2.06. The van der Waals surface area contributed by atoms with Crippen molar-refractivity contribution in [3.63, 3.8) is 0 Å². The highest BCUT2D eigenvalue weighted by Crippen LogP contribution is 2.05. The van der Waals surface area contributed by atoms with Gasteiger partial charge in [0.25, 0.3) is 0 Å². The van der Waals surface area contributed by atoms with Crippen molar-refractivity contribution in [3.8, 4) is 0 Å². The van der Waals surface area contributed by atoms with E-state index in [9.17, 15) is 0 Å². The molecule has 14 heavy (non-hydrogen) atoms. The minimum Gasteiger partial charge on any atom is -0.424 e. The van der Waals surface area contributed by atoms with Crippen LogP contribution in [0.15, 0.2) is 4.42 Å². The fourth-order valence-electron chi connectivity index (χ4n) is 1.06. The van der Waals surface area contributed by atoms with Crippen LogP contribution in [0.25, 0.3) is 0 Å². The molecule has 0 saturated carbocycles. The minimum atomic E-state index is 0.231. The van der Waals surface area contributed by atoms with Gasteiger partial charge < -0.3 is 14.5 Å². The second-order valence-electron chi connectivity index (χ2n) is 3.20. The maximum absolute atomic E-state index is 5.38. The molecular weight excluding hydrogens is 182 g/mol. The van der Waals surface area contributed by atoms with E-state index in [-0.39, 0.29) is 6.10 Å². The highest BCUT2D eigenvalue weighted by atomic mass is 16.5. The van der Waals surface area contributed by atoms with Crippen molar-refractivity contribution < 1.29 is 9.15 Å². The summed E-state index contributed by atoms with van der Waals surface area (Å²) in [5.74, 6) is 1.31. The fourth-order valence-corrected chi connectivity index (χ4v) is 1.06. The summed E-state index contributed by atoms with van der Waals surface area (Å²) >= 11 is 0. The first-order chi connectivity index (χ1) is 6.76. The van der Waals surface area contributed by atoms with E-state index >= 15 is 0 Å². The average Bonchev–Trinajstić information content (AvgIpc) is 2.63. The SMILES string of the molecule is CNCc1nnc(CCC(C)OC)o1. The van der Waals surface area contributed by atoms with Crippen molar-refractivity contribution in [1.29, 1.82) is 0 Å². The van der Waals surface area contributed by atoms with E-state index in [0.29, 0.717) is 18.3 Å². The van der Waals surface area contributed by atoms with E-state index in [0.717, 1.165) is 12.8 Å². The zero-order valence-corrected chi connectivity index (χ0v) is 8.91. The van der Waals surface area contributed by atoms with Crippen LogP contribution in [0.2, 0.25) is 0 Å². The lowest BCUT2D eigenvalue weighted by atomic mass is 10.2. The minimum absolute atomic E-state index is 0.231. The molecule has 0 radical (unpaired) electrons. The monoisotopic (exact) mass is 199 g/mol. The second-order valence-corrected chi connectivity index (χ2v) is 3.20. The van der Waals surface area contributed by atoms with Crippen molar-refractivity contribution in [3.05, 3.63) is 11.8 Å². The third kappa shape index (κ3) is 3.43. The number of aromatic nitrogens is 2. The third-order valence-electron chi connectivity index (χ3n) is 2.00. The smallest absolute Gasteiger partial charge is 0.230 e. The number of ether oxygens (including phenoxy) is 1. The van der Waals surface area contributed by atoms with E-state index in [1.807, 2.05) is 14.0 Å². The highest BCUT2D eigenvalue weighted by Gasteiger charge is 2.07. The molecule has 1 unspecified atom stereocenters. The summed E-state index contributed by atoms with van der Waals surface area (Å²) < 4.78 is 10.5. The lowest BCUT2D eigenvalue weighted by Gasteiger charge is -2.05. The molecule has 0 aromatic carbocycles. The summed E-state index contributed by atoms with van der Waals surface area (Å²) in [6.45, 7) is 2.64. The van der Waals surface area contributed by atoms with Gasteiger partial charge in [-0.05, 0) is 20.4 Å². The van der Waals surface area contributed by atoms with Gasteiger partial charge in [-0.2, -0.15) is 0 Å². The molecule has 1 aromatic rings. The Kier molecular flexibility index (Phi) is 4.55. The van der Waals surface area contributed by atoms with Gasteiger partial charge in [0, 0.05) is 13.5 Å². The third-order valence-corrected chi connectivity index (χ3v) is 2.00. The quantitative estimate of drug-likeness (QED) is 0.732. The standard InChI is InChI=1S/C9H17N3O2/c1-7(13-3)4-5-8-11-12-9(14-8)6-10-2/h7,10H,4-6H2,1-3H3. The van der Waals surface area contributed by atoms with Gasteiger partial charge in [-0.1, -0.05) is 0 Å². The summed E-state index contributed by atoms with van der Waals surface area (Å²) in [6, 6.07) is 0. The lowest BCUT2D eigenvalue weighted by molar-refractivity contribution is 0.109. The summed E-state index contributed by atoms with van der Waals surface area (Å²) in [6.07, 6.45) is 1.90. The summed E-state index contributed by atoms with van der Waals surface area (Å²) in [4.78, 5) is 0. The number of rotatable bonds is 6. The first kappa shape index (κ1) is 11.1. The van der Waals surface area contributed by atoms with Gasteiger partial charge in [0.2, 0.25) is 11.8 Å². The average molecular weight is 199 g/mol. The Morgan fingerprint density at radius 2 is 2.14 bits per heavy atom. The van der Waals surface area contributed by atoms with Crippen molar-refractivity contribution in [2.45, 2.75) is 32.4 Å².